The van der Waals surface area contributed by atoms with E-state index in [1.807, 2.05) is 33.8 Å². The molecule has 0 bridgehead atoms. The normalized spacial score (nSPS) is 18.7. The van der Waals surface area contributed by atoms with Gasteiger partial charge in [-0.3, -0.25) is 4.79 Å². The van der Waals surface area contributed by atoms with Crippen LogP contribution in [0.4, 0.5) is 0 Å². The molecule has 1 amide bonds. The maximum atomic E-state index is 11.3. The molecule has 7 heteroatoms. The predicted molar refractivity (Wildman–Crippen MR) is 95.6 cm³/mol. The van der Waals surface area contributed by atoms with E-state index in [1.54, 1.807) is 18.2 Å². The van der Waals surface area contributed by atoms with Crippen molar-refractivity contribution < 1.29 is 19.2 Å². The van der Waals surface area contributed by atoms with Crippen molar-refractivity contribution in [1.29, 1.82) is 5.26 Å². The van der Waals surface area contributed by atoms with Gasteiger partial charge in [0.2, 0.25) is 5.91 Å². The predicted octanol–water partition coefficient (Wildman–Crippen LogP) is 2.41. The fourth-order valence-corrected chi connectivity index (χ4v) is 2.37. The summed E-state index contributed by atoms with van der Waals surface area (Å²) in [5.74, 6) is -0.255. The first-order valence-corrected chi connectivity index (χ1v) is 8.09. The maximum Gasteiger partial charge on any atom is 0.492 e. The molecule has 0 aromatic heterocycles. The summed E-state index contributed by atoms with van der Waals surface area (Å²) in [5.41, 5.74) is 0.611. The van der Waals surface area contributed by atoms with E-state index in [0.29, 0.717) is 5.56 Å². The highest BCUT2D eigenvalue weighted by Gasteiger charge is 2.52. The highest BCUT2D eigenvalue weighted by atomic mass is 16.7. The van der Waals surface area contributed by atoms with Crippen molar-refractivity contribution in [2.45, 2.75) is 45.8 Å². The highest BCUT2D eigenvalue weighted by molar-refractivity contribution is 6.56. The first-order chi connectivity index (χ1) is 11.6. The number of carbonyl (C=O) groups excluding carboxylic acids is 1. The lowest BCUT2D eigenvalue weighted by Crippen LogP contribution is -2.41. The van der Waals surface area contributed by atoms with Gasteiger partial charge in [-0.2, -0.15) is 5.26 Å². The Bertz CT molecular complexity index is 734. The molecule has 2 N–H and O–H groups in total. The SMILES string of the molecule is CC(=O)NCC(=Cc1ccc(C#N)c(O)c1)B1OC(C)(C)C(C)(C)O1. The van der Waals surface area contributed by atoms with Crippen LogP contribution < -0.4 is 5.32 Å². The van der Waals surface area contributed by atoms with Gasteiger partial charge in [-0.1, -0.05) is 12.1 Å². The molecule has 1 aromatic rings. The number of phenolic OH excluding ortho intramolecular Hbond substituents is 1. The van der Waals surface area contributed by atoms with E-state index in [4.69, 9.17) is 14.6 Å². The fourth-order valence-electron chi connectivity index (χ4n) is 2.37. The van der Waals surface area contributed by atoms with Gasteiger partial charge in [0, 0.05) is 13.5 Å². The zero-order valence-electron chi connectivity index (χ0n) is 15.2. The minimum Gasteiger partial charge on any atom is -0.507 e. The third-order valence-corrected chi connectivity index (χ3v) is 4.59. The van der Waals surface area contributed by atoms with Crippen molar-refractivity contribution in [3.63, 3.8) is 0 Å². The zero-order chi connectivity index (χ0) is 18.8. The van der Waals surface area contributed by atoms with Crippen molar-refractivity contribution in [3.8, 4) is 11.8 Å². The summed E-state index contributed by atoms with van der Waals surface area (Å²) >= 11 is 0. The monoisotopic (exact) mass is 342 g/mol. The Balaban J connectivity index is 2.35. The molecule has 1 saturated heterocycles. The van der Waals surface area contributed by atoms with Crippen LogP contribution >= 0.6 is 0 Å². The second kappa shape index (κ2) is 6.91. The fraction of sp³-hybridized carbons (Fsp3) is 0.444. The first kappa shape index (κ1) is 19.0. The van der Waals surface area contributed by atoms with E-state index in [1.165, 1.54) is 13.0 Å². The Labute approximate surface area is 148 Å². The van der Waals surface area contributed by atoms with Gasteiger partial charge in [-0.05, 0) is 50.9 Å². The molecule has 0 spiro atoms. The van der Waals surface area contributed by atoms with Crippen LogP contribution in [0.25, 0.3) is 6.08 Å². The number of hydrogen-bond acceptors (Lipinski definition) is 5. The number of nitrogens with one attached hydrogen (secondary N) is 1. The Morgan fingerprint density at radius 2 is 1.92 bits per heavy atom. The van der Waals surface area contributed by atoms with Crippen molar-refractivity contribution in [1.82, 2.24) is 5.32 Å². The van der Waals surface area contributed by atoms with Gasteiger partial charge in [0.15, 0.2) is 0 Å². The molecule has 0 saturated carbocycles. The van der Waals surface area contributed by atoms with Crippen molar-refractivity contribution in [3.05, 3.63) is 34.8 Å². The largest absolute Gasteiger partial charge is 0.507 e. The lowest BCUT2D eigenvalue weighted by Gasteiger charge is -2.32. The minimum absolute atomic E-state index is 0.0935. The Morgan fingerprint density at radius 3 is 2.40 bits per heavy atom. The van der Waals surface area contributed by atoms with Gasteiger partial charge in [0.1, 0.15) is 11.8 Å². The second-order valence-electron chi connectivity index (χ2n) is 7.11. The summed E-state index contributed by atoms with van der Waals surface area (Å²) in [6, 6.07) is 6.68. The van der Waals surface area contributed by atoms with Crippen LogP contribution in [-0.4, -0.2) is 35.9 Å². The minimum atomic E-state index is -0.616. The second-order valence-corrected chi connectivity index (χ2v) is 7.11. The molecule has 1 aliphatic heterocycles. The third-order valence-electron chi connectivity index (χ3n) is 4.59. The summed E-state index contributed by atoms with van der Waals surface area (Å²) < 4.78 is 12.1. The van der Waals surface area contributed by atoms with Crippen LogP contribution in [0.3, 0.4) is 0 Å². The third kappa shape index (κ3) is 4.22. The summed E-state index contributed by atoms with van der Waals surface area (Å²) in [6.45, 7) is 9.52. The van der Waals surface area contributed by atoms with Crippen LogP contribution in [0.2, 0.25) is 0 Å². The van der Waals surface area contributed by atoms with Crippen molar-refractivity contribution >= 4 is 19.1 Å². The van der Waals surface area contributed by atoms with Crippen LogP contribution in [0, 0.1) is 11.3 Å². The number of amides is 1. The molecule has 1 aliphatic rings. The Kier molecular flexibility index (Phi) is 5.26. The molecular formula is C18H23BN2O4. The molecule has 2 rings (SSSR count). The molecule has 0 unspecified atom stereocenters. The summed E-state index contributed by atoms with van der Waals surface area (Å²) in [6.07, 6.45) is 1.79. The van der Waals surface area contributed by atoms with Crippen LogP contribution in [-0.2, 0) is 14.1 Å². The highest BCUT2D eigenvalue weighted by Crippen LogP contribution is 2.38. The van der Waals surface area contributed by atoms with E-state index in [0.717, 1.165) is 5.47 Å². The average Bonchev–Trinajstić information content (AvgIpc) is 2.71. The van der Waals surface area contributed by atoms with E-state index >= 15 is 0 Å². The molecule has 0 atom stereocenters. The Hall–Kier alpha value is -2.30. The van der Waals surface area contributed by atoms with E-state index < -0.39 is 18.3 Å². The molecule has 25 heavy (non-hydrogen) atoms. The van der Waals surface area contributed by atoms with Crippen molar-refractivity contribution in [2.75, 3.05) is 6.54 Å². The van der Waals surface area contributed by atoms with Gasteiger partial charge in [0.05, 0.1) is 16.8 Å². The Morgan fingerprint density at radius 1 is 1.32 bits per heavy atom. The number of phenols is 1. The molecule has 0 aliphatic carbocycles. The molecule has 1 fully saturated rings. The number of rotatable bonds is 4. The van der Waals surface area contributed by atoms with Gasteiger partial charge in [-0.15, -0.1) is 0 Å². The van der Waals surface area contributed by atoms with Gasteiger partial charge >= 0.3 is 7.12 Å². The van der Waals surface area contributed by atoms with Crippen LogP contribution in [0.1, 0.15) is 45.7 Å². The number of hydrogen-bond donors (Lipinski definition) is 2. The number of benzene rings is 1. The average molecular weight is 342 g/mol. The number of nitriles is 1. The van der Waals surface area contributed by atoms with Gasteiger partial charge < -0.3 is 19.7 Å². The van der Waals surface area contributed by atoms with Crippen molar-refractivity contribution in [2.24, 2.45) is 0 Å². The molecule has 132 valence electrons. The smallest absolute Gasteiger partial charge is 0.492 e. The molecule has 6 nitrogen and oxygen atoms in total. The summed E-state index contributed by atoms with van der Waals surface area (Å²) in [7, 11) is -0.616. The molecule has 0 radical (unpaired) electrons. The molecule has 1 heterocycles. The molecule has 1 aromatic carbocycles. The quantitative estimate of drug-likeness (QED) is 0.820. The lowest BCUT2D eigenvalue weighted by atomic mass is 9.77. The maximum absolute atomic E-state index is 11.3. The van der Waals surface area contributed by atoms with E-state index in [-0.39, 0.29) is 23.8 Å². The summed E-state index contributed by atoms with van der Waals surface area (Å²) in [5, 5.41) is 21.5. The molecular weight excluding hydrogens is 319 g/mol. The first-order valence-electron chi connectivity index (χ1n) is 8.09. The topological polar surface area (TPSA) is 91.6 Å². The van der Waals surface area contributed by atoms with E-state index in [2.05, 4.69) is 5.32 Å². The lowest BCUT2D eigenvalue weighted by molar-refractivity contribution is -0.118. The van der Waals surface area contributed by atoms with E-state index in [9.17, 15) is 9.90 Å². The zero-order valence-corrected chi connectivity index (χ0v) is 15.2. The van der Waals surface area contributed by atoms with Gasteiger partial charge in [-0.25, -0.2) is 0 Å². The standard InChI is InChI=1S/C18H23BN2O4/c1-12(22)21-11-15(19-24-17(2,3)18(4,5)25-19)8-13-6-7-14(10-20)16(23)9-13/h6-9,23H,11H2,1-5H3,(H,21,22). The summed E-state index contributed by atoms with van der Waals surface area (Å²) in [4.78, 5) is 11.3. The number of nitrogens with zero attached hydrogens (tertiary/aromatic N) is 1. The van der Waals surface area contributed by atoms with Crippen LogP contribution in [0.5, 0.6) is 5.75 Å². The number of carbonyl (C=O) groups is 1. The number of aromatic hydroxyl groups is 1. The van der Waals surface area contributed by atoms with Crippen LogP contribution in [0.15, 0.2) is 23.7 Å². The van der Waals surface area contributed by atoms with Gasteiger partial charge in [0.25, 0.3) is 0 Å².